The van der Waals surface area contributed by atoms with E-state index in [9.17, 15) is 0 Å². The first-order valence-corrected chi connectivity index (χ1v) is 10.0. The lowest BCUT2D eigenvalue weighted by atomic mass is 10.1. The van der Waals surface area contributed by atoms with Gasteiger partial charge in [0.1, 0.15) is 0 Å². The van der Waals surface area contributed by atoms with Gasteiger partial charge in [0.2, 0.25) is 0 Å². The molecule has 1 heterocycles. The van der Waals surface area contributed by atoms with E-state index in [4.69, 9.17) is 0 Å². The summed E-state index contributed by atoms with van der Waals surface area (Å²) in [4.78, 5) is 9.35. The Kier molecular flexibility index (Phi) is 8.23. The molecule has 5 heteroatoms. The molecule has 2 N–H and O–H groups in total. The monoisotopic (exact) mass is 359 g/mol. The molecule has 0 amide bonds. The summed E-state index contributed by atoms with van der Waals surface area (Å²) in [7, 11) is 1.85. The van der Waals surface area contributed by atoms with Crippen molar-refractivity contribution < 1.29 is 0 Å². The molecule has 1 fully saturated rings. The summed E-state index contributed by atoms with van der Waals surface area (Å²) in [6, 6.07) is 11.8. The van der Waals surface area contributed by atoms with E-state index in [2.05, 4.69) is 83.5 Å². The van der Waals surface area contributed by atoms with Gasteiger partial charge in [0.05, 0.1) is 0 Å². The minimum absolute atomic E-state index is 0.564. The van der Waals surface area contributed by atoms with Gasteiger partial charge in [0.25, 0.3) is 0 Å². The van der Waals surface area contributed by atoms with E-state index in [0.29, 0.717) is 18.0 Å². The molecular formula is C21H37N5. The zero-order valence-electron chi connectivity index (χ0n) is 17.2. The number of hydrogen-bond acceptors (Lipinski definition) is 3. The van der Waals surface area contributed by atoms with Crippen molar-refractivity contribution in [1.82, 2.24) is 15.5 Å². The van der Waals surface area contributed by atoms with E-state index in [1.807, 2.05) is 7.05 Å². The molecule has 0 bridgehead atoms. The lowest BCUT2D eigenvalue weighted by Crippen LogP contribution is -2.46. The third-order valence-corrected chi connectivity index (χ3v) is 5.18. The normalized spacial score (nSPS) is 18.2. The van der Waals surface area contributed by atoms with Crippen molar-refractivity contribution in [3.63, 3.8) is 0 Å². The minimum Gasteiger partial charge on any atom is -0.371 e. The Labute approximate surface area is 159 Å². The average Bonchev–Trinajstić information content (AvgIpc) is 3.10. The summed E-state index contributed by atoms with van der Waals surface area (Å²) in [5.41, 5.74) is 1.33. The fraction of sp³-hybridized carbons (Fsp3) is 0.667. The van der Waals surface area contributed by atoms with Gasteiger partial charge in [-0.15, -0.1) is 0 Å². The van der Waals surface area contributed by atoms with Crippen LogP contribution in [0.5, 0.6) is 0 Å². The fourth-order valence-corrected chi connectivity index (χ4v) is 3.75. The highest BCUT2D eigenvalue weighted by Gasteiger charge is 2.22. The van der Waals surface area contributed by atoms with Crippen molar-refractivity contribution in [2.45, 2.75) is 46.2 Å². The van der Waals surface area contributed by atoms with Crippen LogP contribution in [0.25, 0.3) is 0 Å². The van der Waals surface area contributed by atoms with Crippen molar-refractivity contribution >= 4 is 11.6 Å². The zero-order valence-corrected chi connectivity index (χ0v) is 17.2. The Morgan fingerprint density at radius 3 is 2.46 bits per heavy atom. The average molecular weight is 360 g/mol. The number of guanidine groups is 1. The van der Waals surface area contributed by atoms with Gasteiger partial charge in [-0.1, -0.05) is 18.2 Å². The van der Waals surface area contributed by atoms with Crippen LogP contribution in [-0.4, -0.2) is 62.7 Å². The molecule has 26 heavy (non-hydrogen) atoms. The molecule has 0 aromatic heterocycles. The standard InChI is InChI=1S/C21H37N5/c1-17(2)26(18(3)4)14-12-23-21(22-5)24-15-19-11-13-25(16-19)20-9-7-6-8-10-20/h6-10,17-19H,11-16H2,1-5H3,(H2,22,23,24). The van der Waals surface area contributed by atoms with Gasteiger partial charge in [0, 0.05) is 57.5 Å². The van der Waals surface area contributed by atoms with E-state index in [1.165, 1.54) is 12.1 Å². The summed E-state index contributed by atoms with van der Waals surface area (Å²) >= 11 is 0. The molecule has 146 valence electrons. The Hall–Kier alpha value is -1.75. The topological polar surface area (TPSA) is 42.9 Å². The van der Waals surface area contributed by atoms with Gasteiger partial charge in [-0.05, 0) is 52.2 Å². The third kappa shape index (κ3) is 6.20. The largest absolute Gasteiger partial charge is 0.371 e. The minimum atomic E-state index is 0.564. The molecule has 5 nitrogen and oxygen atoms in total. The molecular weight excluding hydrogens is 322 g/mol. The van der Waals surface area contributed by atoms with Gasteiger partial charge >= 0.3 is 0 Å². The number of rotatable bonds is 8. The second kappa shape index (κ2) is 10.4. The summed E-state index contributed by atoms with van der Waals surface area (Å²) in [5.74, 6) is 1.58. The van der Waals surface area contributed by atoms with Crippen LogP contribution in [0.4, 0.5) is 5.69 Å². The molecule has 1 saturated heterocycles. The maximum absolute atomic E-state index is 4.38. The van der Waals surface area contributed by atoms with E-state index >= 15 is 0 Å². The van der Waals surface area contributed by atoms with Gasteiger partial charge in [-0.3, -0.25) is 9.89 Å². The lowest BCUT2D eigenvalue weighted by Gasteiger charge is -2.30. The molecule has 0 spiro atoms. The van der Waals surface area contributed by atoms with Crippen molar-refractivity contribution in [2.24, 2.45) is 10.9 Å². The van der Waals surface area contributed by atoms with Crippen LogP contribution in [0.2, 0.25) is 0 Å². The van der Waals surface area contributed by atoms with E-state index < -0.39 is 0 Å². The van der Waals surface area contributed by atoms with Gasteiger partial charge in [-0.2, -0.15) is 0 Å². The molecule has 0 aliphatic carbocycles. The van der Waals surface area contributed by atoms with E-state index in [1.54, 1.807) is 0 Å². The third-order valence-electron chi connectivity index (χ3n) is 5.18. The highest BCUT2D eigenvalue weighted by atomic mass is 15.2. The van der Waals surface area contributed by atoms with Crippen molar-refractivity contribution in [2.75, 3.05) is 44.7 Å². The lowest BCUT2D eigenvalue weighted by molar-refractivity contribution is 0.178. The van der Waals surface area contributed by atoms with Crippen LogP contribution >= 0.6 is 0 Å². The van der Waals surface area contributed by atoms with Crippen molar-refractivity contribution in [1.29, 1.82) is 0 Å². The van der Waals surface area contributed by atoms with Gasteiger partial charge in [-0.25, -0.2) is 0 Å². The quantitative estimate of drug-likeness (QED) is 0.553. The van der Waals surface area contributed by atoms with Gasteiger partial charge < -0.3 is 15.5 Å². The summed E-state index contributed by atoms with van der Waals surface area (Å²) in [6.45, 7) is 14.2. The first kappa shape index (κ1) is 20.6. The summed E-state index contributed by atoms with van der Waals surface area (Å²) in [5, 5.41) is 6.97. The zero-order chi connectivity index (χ0) is 18.9. The number of anilines is 1. The fourth-order valence-electron chi connectivity index (χ4n) is 3.75. The first-order valence-electron chi connectivity index (χ1n) is 10.0. The predicted molar refractivity (Wildman–Crippen MR) is 113 cm³/mol. The molecule has 1 aliphatic heterocycles. The Morgan fingerprint density at radius 2 is 1.85 bits per heavy atom. The highest BCUT2D eigenvalue weighted by molar-refractivity contribution is 5.79. The maximum atomic E-state index is 4.38. The SMILES string of the molecule is CN=C(NCCN(C(C)C)C(C)C)NCC1CCN(c2ccccc2)C1. The van der Waals surface area contributed by atoms with Crippen LogP contribution in [0.15, 0.2) is 35.3 Å². The Balaban J connectivity index is 1.71. The van der Waals surface area contributed by atoms with Gasteiger partial charge in [0.15, 0.2) is 5.96 Å². The number of nitrogens with zero attached hydrogens (tertiary/aromatic N) is 3. The molecule has 0 saturated carbocycles. The number of benzene rings is 1. The van der Waals surface area contributed by atoms with Crippen LogP contribution < -0.4 is 15.5 Å². The Bertz CT molecular complexity index is 533. The summed E-state index contributed by atoms with van der Waals surface area (Å²) in [6.07, 6.45) is 1.23. The maximum Gasteiger partial charge on any atom is 0.191 e. The van der Waals surface area contributed by atoms with Crippen molar-refractivity contribution in [3.8, 4) is 0 Å². The second-order valence-corrected chi connectivity index (χ2v) is 7.74. The molecule has 1 atom stereocenters. The highest BCUT2D eigenvalue weighted by Crippen LogP contribution is 2.22. The van der Waals surface area contributed by atoms with Crippen LogP contribution in [0.1, 0.15) is 34.1 Å². The molecule has 1 aromatic carbocycles. The van der Waals surface area contributed by atoms with Crippen LogP contribution in [0, 0.1) is 5.92 Å². The second-order valence-electron chi connectivity index (χ2n) is 7.74. The number of hydrogen-bond donors (Lipinski definition) is 2. The molecule has 1 aromatic rings. The summed E-state index contributed by atoms with van der Waals surface area (Å²) < 4.78 is 0. The first-order chi connectivity index (χ1) is 12.5. The predicted octanol–water partition coefficient (Wildman–Crippen LogP) is 2.80. The smallest absolute Gasteiger partial charge is 0.191 e. The Morgan fingerprint density at radius 1 is 1.15 bits per heavy atom. The van der Waals surface area contributed by atoms with E-state index in [0.717, 1.165) is 38.7 Å². The number of aliphatic imine (C=N–C) groups is 1. The molecule has 0 radical (unpaired) electrons. The van der Waals surface area contributed by atoms with Crippen LogP contribution in [-0.2, 0) is 0 Å². The molecule has 2 rings (SSSR count). The van der Waals surface area contributed by atoms with E-state index in [-0.39, 0.29) is 0 Å². The van der Waals surface area contributed by atoms with Crippen molar-refractivity contribution in [3.05, 3.63) is 30.3 Å². The van der Waals surface area contributed by atoms with Crippen LogP contribution in [0.3, 0.4) is 0 Å². The molecule has 1 unspecified atom stereocenters. The number of nitrogens with one attached hydrogen (secondary N) is 2. The number of para-hydroxylation sites is 1. The molecule has 1 aliphatic rings.